The highest BCUT2D eigenvalue weighted by Crippen LogP contribution is 2.36. The maximum atomic E-state index is 15.0. The second-order valence-electron chi connectivity index (χ2n) is 7.30. The first-order chi connectivity index (χ1) is 16.3. The minimum absolute atomic E-state index is 0.113. The van der Waals surface area contributed by atoms with Crippen LogP contribution < -0.4 is 5.32 Å². The number of alkyl halides is 7. The number of ether oxygens (including phenoxy) is 6. The van der Waals surface area contributed by atoms with Crippen molar-refractivity contribution in [2.24, 2.45) is 0 Å². The van der Waals surface area contributed by atoms with Crippen molar-refractivity contribution >= 4 is 81.9 Å². The van der Waals surface area contributed by atoms with E-state index in [1.807, 2.05) is 0 Å². The molecule has 0 spiro atoms. The number of fused-ring (bicyclic) bond motifs is 1. The van der Waals surface area contributed by atoms with Gasteiger partial charge in [-0.25, -0.2) is 14.0 Å². The van der Waals surface area contributed by atoms with Gasteiger partial charge in [-0.05, 0) is 0 Å². The van der Waals surface area contributed by atoms with Crippen molar-refractivity contribution in [1.29, 1.82) is 0 Å². The van der Waals surface area contributed by atoms with Gasteiger partial charge >= 0.3 is 12.2 Å². The lowest BCUT2D eigenvalue weighted by atomic mass is 9.96. The minimum Gasteiger partial charge on any atom is -0.445 e. The fourth-order valence-electron chi connectivity index (χ4n) is 3.24. The van der Waals surface area contributed by atoms with Crippen LogP contribution in [0.4, 0.5) is 14.0 Å². The van der Waals surface area contributed by atoms with Crippen LogP contribution in [0.2, 0.25) is 0 Å². The van der Waals surface area contributed by atoms with Crippen molar-refractivity contribution in [3.63, 3.8) is 0 Å². The Bertz CT molecular complexity index is 873. The molecule has 1 N–H and O–H groups in total. The van der Waals surface area contributed by atoms with E-state index in [0.717, 1.165) is 0 Å². The number of rotatable bonds is 5. The van der Waals surface area contributed by atoms with Crippen LogP contribution in [0.1, 0.15) is 11.9 Å². The van der Waals surface area contributed by atoms with E-state index in [9.17, 15) is 14.0 Å². The third-order valence-electron chi connectivity index (χ3n) is 4.63. The summed E-state index contributed by atoms with van der Waals surface area (Å²) in [6.07, 6.45) is -9.18. The summed E-state index contributed by atoms with van der Waals surface area (Å²) < 4.78 is 42.8. The Morgan fingerprint density at radius 2 is 1.63 bits per heavy atom. The lowest BCUT2D eigenvalue weighted by molar-refractivity contribution is -0.328. The molecule has 2 aliphatic rings. The number of benzene rings is 1. The predicted molar refractivity (Wildman–Crippen MR) is 125 cm³/mol. The number of carbonyl (C=O) groups excluding carboxylic acids is 2. The Hall–Kier alpha value is -0.690. The molecule has 0 bridgehead atoms. The van der Waals surface area contributed by atoms with Gasteiger partial charge in [0.05, 0.1) is 6.61 Å². The van der Waals surface area contributed by atoms with Gasteiger partial charge in [0.25, 0.3) is 0 Å². The van der Waals surface area contributed by atoms with Gasteiger partial charge in [0, 0.05) is 5.56 Å². The lowest BCUT2D eigenvalue weighted by Crippen LogP contribution is -2.66. The van der Waals surface area contributed by atoms with E-state index in [1.165, 1.54) is 0 Å². The first kappa shape index (κ1) is 28.9. The predicted octanol–water partition coefficient (Wildman–Crippen LogP) is 5.15. The zero-order valence-corrected chi connectivity index (χ0v) is 21.9. The van der Waals surface area contributed by atoms with Crippen LogP contribution in [0.15, 0.2) is 30.3 Å². The number of amides is 1. The zero-order valence-electron chi connectivity index (χ0n) is 17.4. The van der Waals surface area contributed by atoms with Gasteiger partial charge in [0.2, 0.25) is 13.9 Å². The van der Waals surface area contributed by atoms with E-state index >= 15 is 0 Å². The fraction of sp³-hybridized carbons (Fsp3) is 0.579. The average Bonchev–Trinajstić information content (AvgIpc) is 2.78. The number of halogens is 7. The molecule has 2 heterocycles. The van der Waals surface area contributed by atoms with Gasteiger partial charge < -0.3 is 33.7 Å². The van der Waals surface area contributed by atoms with Crippen molar-refractivity contribution in [3.8, 4) is 0 Å². The normalized spacial score (nSPS) is 29.0. The number of nitrogens with one attached hydrogen (secondary N) is 1. The molecule has 0 aliphatic carbocycles. The monoisotopic (exact) mass is 617 g/mol. The van der Waals surface area contributed by atoms with Gasteiger partial charge in [-0.3, -0.25) is 0 Å². The molecule has 1 unspecified atom stereocenters. The topological polar surface area (TPSA) is 102 Å². The third-order valence-corrected chi connectivity index (χ3v) is 5.29. The Balaban J connectivity index is 1.79. The van der Waals surface area contributed by atoms with E-state index in [4.69, 9.17) is 98.0 Å². The molecule has 0 radical (unpaired) electrons. The van der Waals surface area contributed by atoms with Crippen LogP contribution >= 0.6 is 69.6 Å². The largest absolute Gasteiger partial charge is 0.508 e. The second kappa shape index (κ2) is 12.2. The van der Waals surface area contributed by atoms with Crippen molar-refractivity contribution in [3.05, 3.63) is 35.9 Å². The van der Waals surface area contributed by atoms with Gasteiger partial charge in [0.1, 0.15) is 31.5 Å². The number of hydrogen-bond donors (Lipinski definition) is 1. The highest BCUT2D eigenvalue weighted by molar-refractivity contribution is 6.68. The molecule has 2 aliphatic heterocycles. The first-order valence-corrected chi connectivity index (χ1v) is 12.1. The van der Waals surface area contributed by atoms with Gasteiger partial charge in [-0.15, -0.1) is 0 Å². The van der Waals surface area contributed by atoms with E-state index in [-0.39, 0.29) is 6.61 Å². The summed E-state index contributed by atoms with van der Waals surface area (Å²) in [5.74, 6) is 0. The quantitative estimate of drug-likeness (QED) is 0.357. The van der Waals surface area contributed by atoms with Crippen molar-refractivity contribution in [1.82, 2.24) is 5.32 Å². The molecule has 3 rings (SSSR count). The number of carbonyl (C=O) groups is 2. The highest BCUT2D eigenvalue weighted by Gasteiger charge is 2.53. The summed E-state index contributed by atoms with van der Waals surface area (Å²) in [7, 11) is 0. The molecule has 2 fully saturated rings. The fourth-order valence-corrected chi connectivity index (χ4v) is 3.57. The molecular weight excluding hydrogens is 602 g/mol. The van der Waals surface area contributed by atoms with Crippen LogP contribution in [0.5, 0.6) is 0 Å². The van der Waals surface area contributed by atoms with E-state index < -0.39 is 70.0 Å². The molecule has 0 aromatic heterocycles. The molecule has 0 saturated carbocycles. The van der Waals surface area contributed by atoms with Crippen molar-refractivity contribution in [2.75, 3.05) is 19.8 Å². The molecular formula is C19H18Cl6FNO8. The second-order valence-corrected chi connectivity index (χ2v) is 12.3. The van der Waals surface area contributed by atoms with Crippen LogP contribution in [-0.4, -0.2) is 70.4 Å². The number of alkyl carbamates (subject to hydrolysis) is 1. The zero-order chi connectivity index (χ0) is 25.8. The maximum absolute atomic E-state index is 15.0. The Morgan fingerprint density at radius 1 is 1.00 bits per heavy atom. The summed E-state index contributed by atoms with van der Waals surface area (Å²) in [5.41, 5.74) is 0.637. The minimum atomic E-state index is -2.18. The standard InChI is InChI=1S/C19H18Cl6FNO8/c20-18(21,22)7-31-16(28)27-11-13(35-17(29)32-8-19(23,24)25)12-10(33-14(11)26)6-30-15(34-12)9-4-2-1-3-5-9/h1-5,10-15H,6-8H2,(H,27,28)/t10-,11-,12+,13-,14-,15?/m1/s1. The summed E-state index contributed by atoms with van der Waals surface area (Å²) in [4.78, 5) is 24.5. The Kier molecular flexibility index (Phi) is 10.1. The summed E-state index contributed by atoms with van der Waals surface area (Å²) >= 11 is 33.4. The van der Waals surface area contributed by atoms with E-state index in [1.54, 1.807) is 30.3 Å². The summed E-state index contributed by atoms with van der Waals surface area (Å²) in [5, 5.41) is 2.19. The van der Waals surface area contributed by atoms with Crippen molar-refractivity contribution < 1.29 is 42.4 Å². The molecule has 6 atom stereocenters. The molecule has 2 saturated heterocycles. The smallest absolute Gasteiger partial charge is 0.445 e. The average molecular weight is 620 g/mol. The van der Waals surface area contributed by atoms with Gasteiger partial charge in [-0.1, -0.05) is 99.9 Å². The Morgan fingerprint density at radius 3 is 2.26 bits per heavy atom. The first-order valence-electron chi connectivity index (χ1n) is 9.84. The highest BCUT2D eigenvalue weighted by atomic mass is 35.6. The Labute approximate surface area is 229 Å². The molecule has 16 heteroatoms. The lowest BCUT2D eigenvalue weighted by Gasteiger charge is -2.46. The van der Waals surface area contributed by atoms with Crippen LogP contribution in [-0.2, 0) is 28.4 Å². The number of hydrogen-bond acceptors (Lipinski definition) is 8. The molecule has 9 nitrogen and oxygen atoms in total. The van der Waals surface area contributed by atoms with Crippen LogP contribution in [0.3, 0.4) is 0 Å². The van der Waals surface area contributed by atoms with Crippen molar-refractivity contribution in [2.45, 2.75) is 44.6 Å². The van der Waals surface area contributed by atoms with E-state index in [2.05, 4.69) is 5.32 Å². The molecule has 35 heavy (non-hydrogen) atoms. The third kappa shape index (κ3) is 8.98. The van der Waals surface area contributed by atoms with Crippen LogP contribution in [0.25, 0.3) is 0 Å². The summed E-state index contributed by atoms with van der Waals surface area (Å²) in [6.45, 7) is -1.41. The molecule has 1 aromatic rings. The SMILES string of the molecule is O=C(N[C@@H]1[C@@H](OC(=O)OCC(Cl)(Cl)Cl)[C@H]2OC(c3ccccc3)OC[C@H]2O[C@H]1F)OCC(Cl)(Cl)Cl. The van der Waals surface area contributed by atoms with Gasteiger partial charge in [0.15, 0.2) is 12.4 Å². The van der Waals surface area contributed by atoms with Crippen LogP contribution in [0, 0.1) is 0 Å². The molecule has 196 valence electrons. The summed E-state index contributed by atoms with van der Waals surface area (Å²) in [6, 6.07) is 7.17. The molecule has 1 aromatic carbocycles. The maximum Gasteiger partial charge on any atom is 0.508 e. The molecule has 1 amide bonds. The van der Waals surface area contributed by atoms with E-state index in [0.29, 0.717) is 5.56 Å². The van der Waals surface area contributed by atoms with Gasteiger partial charge in [-0.2, -0.15) is 0 Å².